The Kier molecular flexibility index (Phi) is 20.1. The number of nitrogen functional groups attached to an aromatic ring is 1. The summed E-state index contributed by atoms with van der Waals surface area (Å²) in [6.45, 7) is 17.6. The average molecular weight is 1180 g/mol. The maximum Gasteiger partial charge on any atom is 0.351 e. The summed E-state index contributed by atoms with van der Waals surface area (Å²) in [5.74, 6) is 1.23. The van der Waals surface area contributed by atoms with Crippen LogP contribution >= 0.6 is 0 Å². The number of aromatic amines is 2. The van der Waals surface area contributed by atoms with Gasteiger partial charge in [-0.15, -0.1) is 18.8 Å². The summed E-state index contributed by atoms with van der Waals surface area (Å²) in [5, 5.41) is 0. The van der Waals surface area contributed by atoms with Crippen LogP contribution in [0.1, 0.15) is 126 Å². The summed E-state index contributed by atoms with van der Waals surface area (Å²) >= 11 is 0. The molecule has 345 valence electrons. The van der Waals surface area contributed by atoms with Crippen LogP contribution in [0.2, 0.25) is 0 Å². The molecule has 3 aromatic rings. The number of nitrogens with zero attached hydrogens (tertiary/aromatic N) is 4. The molecule has 4 bridgehead atoms. The molecule has 3 unspecified atom stereocenters. The zero-order chi connectivity index (χ0) is 46.8. The molecule has 5 aliphatic heterocycles. The van der Waals surface area contributed by atoms with Gasteiger partial charge in [0.25, 0.3) is 11.1 Å². The van der Waals surface area contributed by atoms with Gasteiger partial charge in [-0.2, -0.15) is 4.98 Å². The standard InChI is InChI=1S/C15H23N3O3.C15H22N2O4.C12H17N2O3.C2H2.U.Y.H2/c1-4-10-11-13(21-15(10,5-2)6-7-20-11)18-8-9(3)12(16)17-14(18)19;1-4-10-11-13(21-15(10,5-2)6-7-20-11)17-8-9(3)12(18)16-14(17)19;1-3-8-7-11(17-9(8)4-2)14-6-5-10(15)13-12(14)16;1-2;;;/h8,10-11,13H,4-7H2,1-3H3,(H2,16,17,19);8,10-11,13H,4-7H2,1-3H3,(H,16,18,19);5-9,11H,3-4H2,1-2H3,(H,13,15,16);1-2H;;;1H/q;;-1;;;;/t2*10?,11-,13+,15-;8?,9-,11-;;;;/m001..../s1/i;;;;;;1+2T. The predicted molar refractivity (Wildman–Crippen MR) is 232 cm³/mol. The Labute approximate surface area is 420 Å². The fourth-order valence-corrected chi connectivity index (χ4v) is 9.87. The van der Waals surface area contributed by atoms with Crippen LogP contribution in [0.25, 0.3) is 0 Å². The molecule has 0 aromatic carbocycles. The van der Waals surface area contributed by atoms with E-state index in [-0.39, 0.29) is 128 Å². The van der Waals surface area contributed by atoms with Gasteiger partial charge in [-0.05, 0) is 46.0 Å². The first-order valence-electron chi connectivity index (χ1n) is 22.6. The second-order valence-electron chi connectivity index (χ2n) is 16.3. The van der Waals surface area contributed by atoms with Crippen LogP contribution < -0.4 is 33.9 Å². The number of anilines is 1. The summed E-state index contributed by atoms with van der Waals surface area (Å²) in [6, 6.07) is 1.33. The van der Waals surface area contributed by atoms with Crippen LogP contribution in [0, 0.1) is 82.0 Å². The Bertz CT molecular complexity index is 2300. The Morgan fingerprint density at radius 2 is 1.33 bits per heavy atom. The van der Waals surface area contributed by atoms with E-state index in [1.54, 1.807) is 23.9 Å². The average Bonchev–Trinajstić information content (AvgIpc) is 3.85. The van der Waals surface area contributed by atoms with E-state index in [0.717, 1.165) is 56.9 Å². The smallest absolute Gasteiger partial charge is 0.351 e. The first-order chi connectivity index (χ1) is 30.2. The van der Waals surface area contributed by atoms with E-state index in [0.29, 0.717) is 30.6 Å². The summed E-state index contributed by atoms with van der Waals surface area (Å²) in [7, 11) is 0. The fraction of sp³-hybridized carbons (Fsp3) is 0.659. The van der Waals surface area contributed by atoms with Crippen molar-refractivity contribution in [1.82, 2.24) is 28.7 Å². The number of hydrogen-bond donors (Lipinski definition) is 3. The number of nitrogens with one attached hydrogen (secondary N) is 2. The molecule has 11 atom stereocenters. The van der Waals surface area contributed by atoms with Crippen LogP contribution in [0.4, 0.5) is 5.82 Å². The van der Waals surface area contributed by atoms with Crippen molar-refractivity contribution in [2.75, 3.05) is 18.9 Å². The van der Waals surface area contributed by atoms with Crippen LogP contribution in [0.3, 0.4) is 0 Å². The Morgan fingerprint density at radius 1 is 0.810 bits per heavy atom. The van der Waals surface area contributed by atoms with Crippen molar-refractivity contribution in [2.24, 2.45) is 17.8 Å². The molecule has 0 saturated carbocycles. The fourth-order valence-electron chi connectivity index (χ4n) is 9.87. The summed E-state index contributed by atoms with van der Waals surface area (Å²) in [4.78, 5) is 66.9. The zero-order valence-corrected chi connectivity index (χ0v) is 44.8. The van der Waals surface area contributed by atoms with Gasteiger partial charge in [0.1, 0.15) is 18.0 Å². The van der Waals surface area contributed by atoms with Gasteiger partial charge in [0.2, 0.25) is 0 Å². The second-order valence-corrected chi connectivity index (χ2v) is 16.3. The Balaban J connectivity index is 0.000000319. The minimum atomic E-state index is -0.458. The molecule has 4 N–H and O–H groups in total. The third-order valence-corrected chi connectivity index (χ3v) is 13.2. The van der Waals surface area contributed by atoms with Crippen molar-refractivity contribution < 1.29 is 90.5 Å². The molecule has 0 aliphatic carbocycles. The molecule has 5 aliphatic rings. The van der Waals surface area contributed by atoms with E-state index in [9.17, 15) is 24.0 Å². The summed E-state index contributed by atoms with van der Waals surface area (Å²) in [5.41, 5.74) is 4.60. The summed E-state index contributed by atoms with van der Waals surface area (Å²) in [6.07, 6.45) is 20.9. The number of fused-ring (bicyclic) bond motifs is 4. The number of aryl methyl sites for hydroxylation is 2. The second kappa shape index (κ2) is 23.8. The van der Waals surface area contributed by atoms with Crippen molar-refractivity contribution in [2.45, 2.75) is 155 Å². The van der Waals surface area contributed by atoms with Crippen molar-refractivity contribution in [3.8, 4) is 12.8 Å². The molecule has 0 spiro atoms. The molecule has 1 radical (unpaired) electrons. The van der Waals surface area contributed by atoms with Crippen LogP contribution in [-0.2, 0) is 56.4 Å². The number of hydrogen-bond acceptors (Lipinski definition) is 12. The number of aromatic nitrogens is 6. The number of ether oxygens (including phenoxy) is 5. The molecule has 8 heterocycles. The number of H-pyrrole nitrogens is 2. The molecule has 3 aromatic heterocycles. The van der Waals surface area contributed by atoms with Gasteiger partial charge in [0.15, 0.2) is 12.5 Å². The molecule has 63 heavy (non-hydrogen) atoms. The van der Waals surface area contributed by atoms with Crippen LogP contribution in [0.15, 0.2) is 48.6 Å². The predicted octanol–water partition coefficient (Wildman–Crippen LogP) is 4.53. The minimum Gasteiger partial charge on any atom is -0.389 e. The van der Waals surface area contributed by atoms with E-state index >= 15 is 0 Å². The normalized spacial score (nSPS) is 31.2. The van der Waals surface area contributed by atoms with Gasteiger partial charge in [0.05, 0.1) is 11.2 Å². The zero-order valence-electron chi connectivity index (χ0n) is 39.8. The number of terminal acetylenes is 1. The van der Waals surface area contributed by atoms with Gasteiger partial charge in [-0.25, -0.2) is 14.4 Å². The number of nitrogens with two attached hydrogens (primary N) is 1. The molecule has 5 saturated heterocycles. The Hall–Kier alpha value is -2.44. The van der Waals surface area contributed by atoms with Gasteiger partial charge >= 0.3 is 17.1 Å². The van der Waals surface area contributed by atoms with Crippen molar-refractivity contribution >= 4 is 5.82 Å². The number of rotatable bonds is 9. The molecule has 0 amide bonds. The largest absolute Gasteiger partial charge is 0.389 e. The third-order valence-electron chi connectivity index (χ3n) is 13.2. The SMILES string of the molecule is C#C.CCC1[C@@H]2OCC[C@]1(CC)O[C@H]2n1cc(C)c(=O)[nH]c1=O.CCC1[C@@H]2OCC[C@]1(CC)O[C@H]2n1cc(C)c(N)nc1=O.CCC1[CH-][C@H](n2ccc(=O)[nH]c2=O)O[C@@H]1CC.[3H][3H].[U].[Y]. The van der Waals surface area contributed by atoms with Crippen molar-refractivity contribution in [3.63, 3.8) is 0 Å². The topological polar surface area (TPSA) is 217 Å². The van der Waals surface area contributed by atoms with Gasteiger partial charge in [-0.1, -0.05) is 48.0 Å². The van der Waals surface area contributed by atoms with E-state index in [1.807, 2.05) is 13.3 Å². The van der Waals surface area contributed by atoms with E-state index in [4.69, 9.17) is 32.4 Å². The van der Waals surface area contributed by atoms with Gasteiger partial charge < -0.3 is 34.0 Å². The maximum absolute atomic E-state index is 12.2. The third kappa shape index (κ3) is 11.2. The molecule has 8 rings (SSSR count). The van der Waals surface area contributed by atoms with Gasteiger partial charge in [0, 0.05) is 153 Å². The molecular formula is C44H66N7O10UY-. The summed E-state index contributed by atoms with van der Waals surface area (Å²) < 4.78 is 44.8. The van der Waals surface area contributed by atoms with E-state index in [2.05, 4.69) is 69.3 Å². The minimum absolute atomic E-state index is 0. The first kappa shape index (κ1) is 53.2. The van der Waals surface area contributed by atoms with Crippen molar-refractivity contribution in [3.05, 3.63) is 94.4 Å². The van der Waals surface area contributed by atoms with Crippen LogP contribution in [0.5, 0.6) is 0 Å². The molecular weight excluding hydrogens is 1110 g/mol. The van der Waals surface area contributed by atoms with E-state index < -0.39 is 23.8 Å². The molecule has 17 nitrogen and oxygen atoms in total. The van der Waals surface area contributed by atoms with Crippen molar-refractivity contribution in [1.29, 1.82) is 0 Å². The van der Waals surface area contributed by atoms with Gasteiger partial charge in [-0.3, -0.25) is 35.1 Å². The molecule has 5 fully saturated rings. The quantitative estimate of drug-likeness (QED) is 0.199. The maximum atomic E-state index is 12.2. The molecule has 19 heteroatoms. The first-order valence-corrected chi connectivity index (χ1v) is 21.6. The van der Waals surface area contributed by atoms with Crippen LogP contribution in [-0.4, -0.2) is 71.4 Å². The monoisotopic (exact) mass is 1180 g/mol. The Morgan fingerprint density at radius 3 is 1.79 bits per heavy atom. The van der Waals surface area contributed by atoms with E-state index in [1.165, 1.54) is 21.4 Å².